The summed E-state index contributed by atoms with van der Waals surface area (Å²) in [6.07, 6.45) is -3.73. The van der Waals surface area contributed by atoms with Crippen molar-refractivity contribution in [3.63, 3.8) is 0 Å². The van der Waals surface area contributed by atoms with E-state index in [1.807, 2.05) is 0 Å². The highest BCUT2D eigenvalue weighted by Gasteiger charge is 2.41. The fraction of sp³-hybridized carbons (Fsp3) is 0.559. The maximum absolute atomic E-state index is 14.5. The molecule has 1 aliphatic heterocycles. The zero-order valence-electron chi connectivity index (χ0n) is 51.8. The van der Waals surface area contributed by atoms with Crippen molar-refractivity contribution in [2.24, 2.45) is 45.3 Å². The Balaban J connectivity index is 1.92. The van der Waals surface area contributed by atoms with Crippen molar-refractivity contribution >= 4 is 82.9 Å². The van der Waals surface area contributed by atoms with E-state index in [1.165, 1.54) is 24.3 Å². The van der Waals surface area contributed by atoms with E-state index in [0.717, 1.165) is 17.4 Å². The average molecular weight is 1300 g/mol. The van der Waals surface area contributed by atoms with Crippen LogP contribution in [0.2, 0.25) is 0 Å². The maximum Gasteiger partial charge on any atom is 0.326 e. The highest BCUT2D eigenvalue weighted by molar-refractivity contribution is 6.00. The molecule has 1 saturated heterocycles. The second-order valence-electron chi connectivity index (χ2n) is 22.5. The molecule has 1 aliphatic rings. The monoisotopic (exact) mass is 1290 g/mol. The summed E-state index contributed by atoms with van der Waals surface area (Å²) in [5.41, 5.74) is 34.6. The molecule has 1 heterocycles. The van der Waals surface area contributed by atoms with Crippen molar-refractivity contribution in [3.8, 4) is 5.75 Å². The molecular formula is C59H90N16O17. The molecule has 24 N–H and O–H groups in total. The molecule has 2 aromatic carbocycles. The van der Waals surface area contributed by atoms with Gasteiger partial charge in [0.25, 0.3) is 0 Å². The standard InChI is InChI=1S/C59H90N16O17/c1-4-31(2)47(55(88)70-40(58(91)92)15-10-26-66-59(64)65)73-51(84)38(22-24-46(80)81)68-56(89)48(32(3)76)74-53(86)41(29-34-17-19-35(77)20-18-34)71-52(85)42(30-45(63)79)72-54(87)43-16-11-27-75(43)57(90)39(14-8-9-25-60)69-50(83)37(21-23-44(62)78)67-49(82)36(61)28-33-12-6-5-7-13-33/h5-7,12-13,17-20,31-32,36-43,47-48,76-77H,4,8-11,14-16,21-30,60-61H2,1-3H3,(H2,62,78)(H2,63,79)(H,67,82)(H,68,89)(H,69,83)(H,70,88)(H,71,85)(H,72,87)(H,73,84)(H,74,86)(H,80,81)(H,91,92)(H4,64,65,66)/t31-,32+,36-,37-,38-,39-,40-,41-,42-,43-,47-,48-/m0/s1. The smallest absolute Gasteiger partial charge is 0.326 e. The zero-order chi connectivity index (χ0) is 68.8. The SMILES string of the molecule is CC[C@H](C)[C@H](NC(=O)[C@H](CCC(=O)O)NC(=O)[C@@H](NC(=O)[C@H](Cc1ccc(O)cc1)NC(=O)[C@H](CC(N)=O)NC(=O)[C@@H]1CCCN1C(=O)[C@H](CCCCN)NC(=O)[C@H](CCC(N)=O)NC(=O)[C@@H](N)Cc1ccccc1)[C@@H](C)O)C(=O)N[C@@H](CCCN=C(N)N)C(=O)O. The molecule has 0 unspecified atom stereocenters. The van der Waals surface area contributed by atoms with E-state index in [4.69, 9.17) is 34.4 Å². The van der Waals surface area contributed by atoms with E-state index in [-0.39, 0.29) is 94.7 Å². The van der Waals surface area contributed by atoms with Crippen molar-refractivity contribution in [2.45, 2.75) is 184 Å². The number of carboxylic acid groups (broad SMARTS) is 2. The number of aliphatic carboxylic acids is 2. The van der Waals surface area contributed by atoms with Crippen LogP contribution in [0, 0.1) is 5.92 Å². The first-order chi connectivity index (χ1) is 43.5. The van der Waals surface area contributed by atoms with E-state index < -0.39 is 175 Å². The molecule has 11 amide bonds. The van der Waals surface area contributed by atoms with Crippen LogP contribution < -0.4 is 76.9 Å². The molecule has 0 aliphatic carbocycles. The molecule has 0 saturated carbocycles. The van der Waals surface area contributed by atoms with Crippen LogP contribution in [0.5, 0.6) is 5.75 Å². The number of carbonyl (C=O) groups is 13. The van der Waals surface area contributed by atoms with Gasteiger partial charge < -0.3 is 102 Å². The third-order valence-electron chi connectivity index (χ3n) is 15.1. The highest BCUT2D eigenvalue weighted by Crippen LogP contribution is 2.22. The van der Waals surface area contributed by atoms with Crippen molar-refractivity contribution in [1.29, 1.82) is 0 Å². The lowest BCUT2D eigenvalue weighted by molar-refractivity contribution is -0.143. The Morgan fingerprint density at radius 2 is 1.12 bits per heavy atom. The average Bonchev–Trinajstić information content (AvgIpc) is 1.59. The van der Waals surface area contributed by atoms with Gasteiger partial charge in [-0.25, -0.2) is 4.79 Å². The number of nitrogens with two attached hydrogens (primary N) is 6. The van der Waals surface area contributed by atoms with Gasteiger partial charge in [-0.3, -0.25) is 62.5 Å². The number of likely N-dealkylation sites (tertiary alicyclic amines) is 1. The molecule has 1 fully saturated rings. The molecule has 0 bridgehead atoms. The topological polar surface area (TPSA) is 571 Å². The Labute approximate surface area is 531 Å². The summed E-state index contributed by atoms with van der Waals surface area (Å²) >= 11 is 0. The van der Waals surface area contributed by atoms with Crippen LogP contribution in [-0.2, 0) is 75.2 Å². The number of hydrogen-bond acceptors (Lipinski definition) is 18. The Morgan fingerprint density at radius 1 is 0.587 bits per heavy atom. The van der Waals surface area contributed by atoms with Crippen LogP contribution in [0.3, 0.4) is 0 Å². The lowest BCUT2D eigenvalue weighted by atomic mass is 9.96. The summed E-state index contributed by atoms with van der Waals surface area (Å²) in [5, 5.41) is 60.0. The third-order valence-corrected chi connectivity index (χ3v) is 15.1. The minimum absolute atomic E-state index is 0.00543. The summed E-state index contributed by atoms with van der Waals surface area (Å²) in [5.74, 6) is -14.9. The number of carbonyl (C=O) groups excluding carboxylic acids is 11. The molecule has 0 aromatic heterocycles. The second-order valence-corrected chi connectivity index (χ2v) is 22.5. The van der Waals surface area contributed by atoms with E-state index in [2.05, 4.69) is 47.5 Å². The molecule has 2 aromatic rings. The van der Waals surface area contributed by atoms with Gasteiger partial charge in [-0.1, -0.05) is 62.7 Å². The summed E-state index contributed by atoms with van der Waals surface area (Å²) in [4.78, 5) is 180. The van der Waals surface area contributed by atoms with Crippen LogP contribution in [0.15, 0.2) is 59.6 Å². The fourth-order valence-electron chi connectivity index (χ4n) is 9.78. The minimum Gasteiger partial charge on any atom is -0.508 e. The number of nitrogens with zero attached hydrogens (tertiary/aromatic N) is 2. The Hall–Kier alpha value is -9.50. The first-order valence-electron chi connectivity index (χ1n) is 30.2. The van der Waals surface area contributed by atoms with Crippen LogP contribution in [0.1, 0.15) is 115 Å². The summed E-state index contributed by atoms with van der Waals surface area (Å²) in [6.45, 7) is 4.52. The van der Waals surface area contributed by atoms with Gasteiger partial charge in [0.15, 0.2) is 5.96 Å². The fourth-order valence-corrected chi connectivity index (χ4v) is 9.78. The van der Waals surface area contributed by atoms with Crippen LogP contribution in [0.25, 0.3) is 0 Å². The van der Waals surface area contributed by atoms with E-state index in [0.29, 0.717) is 12.8 Å². The van der Waals surface area contributed by atoms with Crippen molar-refractivity contribution in [3.05, 3.63) is 65.7 Å². The van der Waals surface area contributed by atoms with Gasteiger partial charge in [-0.15, -0.1) is 0 Å². The molecule has 3 rings (SSSR count). The number of carboxylic acids is 2. The summed E-state index contributed by atoms with van der Waals surface area (Å²) < 4.78 is 0. The van der Waals surface area contributed by atoms with Crippen molar-refractivity contribution in [1.82, 2.24) is 47.4 Å². The van der Waals surface area contributed by atoms with Gasteiger partial charge in [0.05, 0.1) is 18.6 Å². The number of aliphatic hydroxyl groups excluding tert-OH is 1. The Bertz CT molecular complexity index is 2900. The van der Waals surface area contributed by atoms with Crippen LogP contribution in [0.4, 0.5) is 0 Å². The number of hydrogen-bond donors (Lipinski definition) is 18. The number of primary amides is 2. The zero-order valence-corrected chi connectivity index (χ0v) is 51.8. The first kappa shape index (κ1) is 76.7. The number of aromatic hydroxyl groups is 1. The number of guanidine groups is 1. The number of amides is 11. The first-order valence-corrected chi connectivity index (χ1v) is 30.2. The van der Waals surface area contributed by atoms with Crippen LogP contribution >= 0.6 is 0 Å². The minimum atomic E-state index is -1.98. The molecule has 508 valence electrons. The highest BCUT2D eigenvalue weighted by atomic mass is 16.4. The van der Waals surface area contributed by atoms with Gasteiger partial charge in [-0.2, -0.15) is 0 Å². The summed E-state index contributed by atoms with van der Waals surface area (Å²) in [6, 6.07) is -1.41. The number of phenols is 1. The number of nitrogens with one attached hydrogen (secondary N) is 8. The van der Waals surface area contributed by atoms with Gasteiger partial charge >= 0.3 is 11.9 Å². The quantitative estimate of drug-likeness (QED) is 0.0169. The maximum atomic E-state index is 14.5. The molecular weight excluding hydrogens is 1200 g/mol. The van der Waals surface area contributed by atoms with Gasteiger partial charge in [0.2, 0.25) is 65.0 Å². The third kappa shape index (κ3) is 26.5. The number of phenolic OH excluding ortho intramolecular Hbond substituents is 1. The van der Waals surface area contributed by atoms with Crippen LogP contribution in [-0.4, -0.2) is 194 Å². The number of rotatable bonds is 41. The van der Waals surface area contributed by atoms with E-state index in [9.17, 15) is 82.8 Å². The Morgan fingerprint density at radius 3 is 1.70 bits per heavy atom. The normalized spacial score (nSPS) is 16.3. The lowest BCUT2D eigenvalue weighted by Crippen LogP contribution is -2.62. The molecule has 12 atom stereocenters. The molecule has 92 heavy (non-hydrogen) atoms. The summed E-state index contributed by atoms with van der Waals surface area (Å²) in [7, 11) is 0. The lowest BCUT2D eigenvalue weighted by Gasteiger charge is -2.31. The van der Waals surface area contributed by atoms with Gasteiger partial charge in [0, 0.05) is 32.4 Å². The molecule has 0 spiro atoms. The molecule has 33 nitrogen and oxygen atoms in total. The van der Waals surface area contributed by atoms with E-state index >= 15 is 0 Å². The Kier molecular flexibility index (Phi) is 32.5. The number of aliphatic imine (C=N–C) groups is 1. The number of aliphatic hydroxyl groups is 1. The number of unbranched alkanes of at least 4 members (excludes halogenated alkanes) is 1. The largest absolute Gasteiger partial charge is 0.508 e. The van der Waals surface area contributed by atoms with Crippen molar-refractivity contribution in [2.75, 3.05) is 19.6 Å². The van der Waals surface area contributed by atoms with E-state index in [1.54, 1.807) is 44.2 Å². The predicted octanol–water partition coefficient (Wildman–Crippen LogP) is -4.93. The van der Waals surface area contributed by atoms with Gasteiger partial charge in [0.1, 0.15) is 60.1 Å². The van der Waals surface area contributed by atoms with Crippen molar-refractivity contribution < 1.29 is 82.8 Å². The molecule has 33 heteroatoms. The predicted molar refractivity (Wildman–Crippen MR) is 331 cm³/mol. The molecule has 0 radical (unpaired) electrons. The van der Waals surface area contributed by atoms with Gasteiger partial charge in [-0.05, 0) is 107 Å². The second kappa shape index (κ2) is 38.9. The number of benzene rings is 2.